The number of hydrogen-bond acceptors (Lipinski definition) is 3. The standard InChI is InChI=1S/C27H21N3/c28-24-11-7-19(8-12-24)26-16-23(17-27(30-26)20-9-13-25(29)14-10-20)22-6-5-18-3-1-2-4-21(18)15-22/h1-17H,28-29H2. The van der Waals surface area contributed by atoms with Crippen LogP contribution in [-0.2, 0) is 0 Å². The number of pyridine rings is 1. The molecule has 0 aliphatic carbocycles. The quantitative estimate of drug-likeness (QED) is 0.352. The summed E-state index contributed by atoms with van der Waals surface area (Å²) in [5.41, 5.74) is 19.4. The van der Waals surface area contributed by atoms with E-state index in [4.69, 9.17) is 16.5 Å². The second-order valence-electron chi connectivity index (χ2n) is 7.43. The zero-order valence-electron chi connectivity index (χ0n) is 16.4. The molecular weight excluding hydrogens is 366 g/mol. The lowest BCUT2D eigenvalue weighted by Gasteiger charge is -2.11. The van der Waals surface area contributed by atoms with Gasteiger partial charge in [0.25, 0.3) is 0 Å². The zero-order valence-corrected chi connectivity index (χ0v) is 16.4. The van der Waals surface area contributed by atoms with Crippen molar-refractivity contribution in [3.05, 3.63) is 103 Å². The van der Waals surface area contributed by atoms with Gasteiger partial charge in [0.2, 0.25) is 0 Å². The molecule has 5 aromatic rings. The summed E-state index contributed by atoms with van der Waals surface area (Å²) in [5.74, 6) is 0. The van der Waals surface area contributed by atoms with E-state index >= 15 is 0 Å². The number of aromatic nitrogens is 1. The summed E-state index contributed by atoms with van der Waals surface area (Å²) in [5, 5.41) is 2.45. The number of nitrogen functional groups attached to an aromatic ring is 2. The van der Waals surface area contributed by atoms with Crippen molar-refractivity contribution in [2.75, 3.05) is 11.5 Å². The highest BCUT2D eigenvalue weighted by molar-refractivity contribution is 5.88. The summed E-state index contributed by atoms with van der Waals surface area (Å²) in [6.45, 7) is 0. The highest BCUT2D eigenvalue weighted by atomic mass is 14.7. The second-order valence-corrected chi connectivity index (χ2v) is 7.43. The van der Waals surface area contributed by atoms with Gasteiger partial charge in [-0.1, -0.05) is 60.7 Å². The summed E-state index contributed by atoms with van der Waals surface area (Å²) in [7, 11) is 0. The number of nitrogens with zero attached hydrogens (tertiary/aromatic N) is 1. The molecule has 0 aliphatic heterocycles. The van der Waals surface area contributed by atoms with E-state index in [1.165, 1.54) is 10.8 Å². The molecule has 3 nitrogen and oxygen atoms in total. The number of anilines is 2. The van der Waals surface area contributed by atoms with Gasteiger partial charge in [-0.15, -0.1) is 0 Å². The maximum Gasteiger partial charge on any atom is 0.0715 e. The Morgan fingerprint density at radius 2 is 0.933 bits per heavy atom. The normalized spacial score (nSPS) is 10.9. The Morgan fingerprint density at radius 3 is 1.50 bits per heavy atom. The first-order chi connectivity index (χ1) is 14.7. The van der Waals surface area contributed by atoms with Gasteiger partial charge in [-0.25, -0.2) is 4.98 Å². The molecule has 0 aliphatic rings. The van der Waals surface area contributed by atoms with Gasteiger partial charge in [-0.05, 0) is 64.4 Å². The number of hydrogen-bond donors (Lipinski definition) is 2. The molecule has 3 heteroatoms. The molecule has 0 radical (unpaired) electrons. The average molecular weight is 387 g/mol. The lowest BCUT2D eigenvalue weighted by molar-refractivity contribution is 1.32. The molecular formula is C27H21N3. The average Bonchev–Trinajstić information content (AvgIpc) is 2.79. The van der Waals surface area contributed by atoms with Gasteiger partial charge >= 0.3 is 0 Å². The van der Waals surface area contributed by atoms with Crippen LogP contribution < -0.4 is 11.5 Å². The minimum Gasteiger partial charge on any atom is -0.399 e. The fourth-order valence-corrected chi connectivity index (χ4v) is 3.67. The zero-order chi connectivity index (χ0) is 20.5. The number of rotatable bonds is 3. The van der Waals surface area contributed by atoms with E-state index in [0.717, 1.165) is 45.0 Å². The van der Waals surface area contributed by atoms with Gasteiger partial charge in [0, 0.05) is 22.5 Å². The van der Waals surface area contributed by atoms with Crippen LogP contribution in [-0.4, -0.2) is 4.98 Å². The van der Waals surface area contributed by atoms with Crippen LogP contribution in [0.5, 0.6) is 0 Å². The van der Waals surface area contributed by atoms with E-state index in [1.54, 1.807) is 0 Å². The highest BCUT2D eigenvalue weighted by Gasteiger charge is 2.10. The lowest BCUT2D eigenvalue weighted by atomic mass is 9.98. The van der Waals surface area contributed by atoms with Gasteiger partial charge in [-0.3, -0.25) is 0 Å². The topological polar surface area (TPSA) is 64.9 Å². The Hall–Kier alpha value is -4.11. The maximum atomic E-state index is 5.88. The lowest BCUT2D eigenvalue weighted by Crippen LogP contribution is -1.92. The maximum absolute atomic E-state index is 5.88. The smallest absolute Gasteiger partial charge is 0.0715 e. The molecule has 5 rings (SSSR count). The largest absolute Gasteiger partial charge is 0.399 e. The molecule has 0 saturated carbocycles. The van der Waals surface area contributed by atoms with Crippen LogP contribution in [0.4, 0.5) is 11.4 Å². The fourth-order valence-electron chi connectivity index (χ4n) is 3.67. The van der Waals surface area contributed by atoms with Gasteiger partial charge in [0.15, 0.2) is 0 Å². The van der Waals surface area contributed by atoms with Crippen LogP contribution in [0.3, 0.4) is 0 Å². The van der Waals surface area contributed by atoms with Crippen molar-refractivity contribution in [1.82, 2.24) is 4.98 Å². The minimum absolute atomic E-state index is 0.739. The molecule has 4 aromatic carbocycles. The third-order valence-corrected chi connectivity index (χ3v) is 5.32. The molecule has 0 amide bonds. The number of fused-ring (bicyclic) bond motifs is 1. The predicted molar refractivity (Wildman–Crippen MR) is 127 cm³/mol. The summed E-state index contributed by atoms with van der Waals surface area (Å²) in [6, 6.07) is 34.9. The molecule has 0 fully saturated rings. The van der Waals surface area contributed by atoms with E-state index < -0.39 is 0 Å². The highest BCUT2D eigenvalue weighted by Crippen LogP contribution is 2.32. The third kappa shape index (κ3) is 3.49. The van der Waals surface area contributed by atoms with Gasteiger partial charge in [0.1, 0.15) is 0 Å². The molecule has 0 bridgehead atoms. The Balaban J connectivity index is 1.70. The van der Waals surface area contributed by atoms with E-state index in [1.807, 2.05) is 48.5 Å². The molecule has 0 saturated heterocycles. The van der Waals surface area contributed by atoms with Crippen LogP contribution in [0.15, 0.2) is 103 Å². The van der Waals surface area contributed by atoms with Crippen molar-refractivity contribution in [2.24, 2.45) is 0 Å². The third-order valence-electron chi connectivity index (χ3n) is 5.32. The first kappa shape index (κ1) is 18.0. The summed E-state index contributed by atoms with van der Waals surface area (Å²) in [6.07, 6.45) is 0. The molecule has 144 valence electrons. The first-order valence-electron chi connectivity index (χ1n) is 9.89. The van der Waals surface area contributed by atoms with Crippen LogP contribution in [0, 0.1) is 0 Å². The SMILES string of the molecule is Nc1ccc(-c2cc(-c3ccc4ccccc4c3)cc(-c3ccc(N)cc3)n2)cc1. The van der Waals surface area contributed by atoms with Gasteiger partial charge < -0.3 is 11.5 Å². The molecule has 4 N–H and O–H groups in total. The molecule has 0 unspecified atom stereocenters. The number of nitrogens with two attached hydrogens (primary N) is 2. The van der Waals surface area contributed by atoms with E-state index in [-0.39, 0.29) is 0 Å². The summed E-state index contributed by atoms with van der Waals surface area (Å²) in [4.78, 5) is 4.94. The predicted octanol–water partition coefficient (Wildman–Crippen LogP) is 6.40. The molecule has 30 heavy (non-hydrogen) atoms. The number of benzene rings is 4. The summed E-state index contributed by atoms with van der Waals surface area (Å²) < 4.78 is 0. The Morgan fingerprint density at radius 1 is 0.433 bits per heavy atom. The van der Waals surface area contributed by atoms with Crippen molar-refractivity contribution in [1.29, 1.82) is 0 Å². The van der Waals surface area contributed by atoms with Crippen LogP contribution in [0.2, 0.25) is 0 Å². The van der Waals surface area contributed by atoms with Crippen LogP contribution in [0.25, 0.3) is 44.4 Å². The van der Waals surface area contributed by atoms with Crippen LogP contribution >= 0.6 is 0 Å². The minimum atomic E-state index is 0.739. The molecule has 0 atom stereocenters. The van der Waals surface area contributed by atoms with Crippen molar-refractivity contribution in [3.63, 3.8) is 0 Å². The first-order valence-corrected chi connectivity index (χ1v) is 9.89. The van der Waals surface area contributed by atoms with Gasteiger partial charge in [0.05, 0.1) is 11.4 Å². The molecule has 1 aromatic heterocycles. The van der Waals surface area contributed by atoms with Gasteiger partial charge in [-0.2, -0.15) is 0 Å². The fraction of sp³-hybridized carbons (Fsp3) is 0. The van der Waals surface area contributed by atoms with Crippen molar-refractivity contribution >= 4 is 22.1 Å². The van der Waals surface area contributed by atoms with E-state index in [0.29, 0.717) is 0 Å². The van der Waals surface area contributed by atoms with E-state index in [2.05, 4.69) is 54.6 Å². The second kappa shape index (κ2) is 7.37. The Labute approximate surface area is 175 Å². The van der Waals surface area contributed by atoms with Crippen molar-refractivity contribution < 1.29 is 0 Å². The monoisotopic (exact) mass is 387 g/mol. The Bertz CT molecular complexity index is 1270. The van der Waals surface area contributed by atoms with Crippen LogP contribution in [0.1, 0.15) is 0 Å². The molecule has 1 heterocycles. The summed E-state index contributed by atoms with van der Waals surface area (Å²) >= 11 is 0. The Kier molecular flexibility index (Phi) is 4.41. The van der Waals surface area contributed by atoms with Crippen molar-refractivity contribution in [3.8, 4) is 33.6 Å². The van der Waals surface area contributed by atoms with E-state index in [9.17, 15) is 0 Å². The van der Waals surface area contributed by atoms with Crippen molar-refractivity contribution in [2.45, 2.75) is 0 Å². The molecule has 0 spiro atoms.